The Hall–Kier alpha value is -2.17. The second-order valence-electron chi connectivity index (χ2n) is 6.61. The number of aromatic amines is 1. The molecule has 2 aliphatic rings. The van der Waals surface area contributed by atoms with E-state index in [0.717, 1.165) is 47.7 Å². The second kappa shape index (κ2) is 6.98. The molecule has 128 valence electrons. The van der Waals surface area contributed by atoms with E-state index in [1.54, 1.807) is 6.33 Å². The van der Waals surface area contributed by atoms with Crippen molar-refractivity contribution in [2.45, 2.75) is 31.8 Å². The van der Waals surface area contributed by atoms with Gasteiger partial charge >= 0.3 is 0 Å². The zero-order valence-corrected chi connectivity index (χ0v) is 14.6. The minimum Gasteiger partial charge on any atom is -0.388 e. The fraction of sp³-hybridized carbons (Fsp3) is 0.300. The predicted octanol–water partition coefficient (Wildman–Crippen LogP) is 4.11. The average molecular weight is 354 g/mol. The summed E-state index contributed by atoms with van der Waals surface area (Å²) in [5.41, 5.74) is 4.76. The normalized spacial score (nSPS) is 24.6. The van der Waals surface area contributed by atoms with E-state index >= 15 is 0 Å². The third-order valence-corrected chi connectivity index (χ3v) is 5.25. The Bertz CT molecular complexity index is 834. The molecule has 25 heavy (non-hydrogen) atoms. The number of rotatable bonds is 3. The lowest BCUT2D eigenvalue weighted by atomic mass is 9.74. The highest BCUT2D eigenvalue weighted by atomic mass is 35.5. The molecule has 1 aromatic heterocycles. The maximum Gasteiger partial charge on any atom is 0.137 e. The summed E-state index contributed by atoms with van der Waals surface area (Å²) in [5, 5.41) is 18.1. The monoisotopic (exact) mass is 353 g/mol. The summed E-state index contributed by atoms with van der Waals surface area (Å²) in [6.07, 6.45) is 11.2. The number of halogens is 1. The first-order chi connectivity index (χ1) is 12.2. The molecule has 2 N–H and O–H groups in total. The Morgan fingerprint density at radius 3 is 2.84 bits per heavy atom. The van der Waals surface area contributed by atoms with Crippen molar-refractivity contribution < 1.29 is 5.11 Å². The van der Waals surface area contributed by atoms with Gasteiger partial charge in [0.15, 0.2) is 0 Å². The summed E-state index contributed by atoms with van der Waals surface area (Å²) in [5.74, 6) is 1.08. The Morgan fingerprint density at radius 1 is 1.24 bits per heavy atom. The standard InChI is InChI=1S/C20H20ClN3O/c21-15-7-4-13(5-8-15)10-14-6-9-17-16(2-1-3-19(17)25)18(14)11-20-22-12-23-24-20/h4-10,12,18-19,25H,1-3,11H2,(H,22,23,24). The second-order valence-corrected chi connectivity index (χ2v) is 7.04. The number of allylic oxidation sites excluding steroid dienone is 3. The van der Waals surface area contributed by atoms with E-state index in [2.05, 4.69) is 33.4 Å². The van der Waals surface area contributed by atoms with Gasteiger partial charge < -0.3 is 5.11 Å². The van der Waals surface area contributed by atoms with Gasteiger partial charge in [0.25, 0.3) is 0 Å². The summed E-state index contributed by atoms with van der Waals surface area (Å²) in [6, 6.07) is 7.85. The van der Waals surface area contributed by atoms with Crippen LogP contribution in [0.4, 0.5) is 0 Å². The van der Waals surface area contributed by atoms with Crippen LogP contribution in [0, 0.1) is 5.92 Å². The molecular weight excluding hydrogens is 334 g/mol. The van der Waals surface area contributed by atoms with Crippen LogP contribution >= 0.6 is 11.6 Å². The number of hydrogen-bond acceptors (Lipinski definition) is 3. The SMILES string of the molecule is OC1CCCC2=C1C=CC(=Cc1ccc(Cl)cc1)C2Cc1ncn[nH]1. The van der Waals surface area contributed by atoms with Gasteiger partial charge in [-0.2, -0.15) is 5.10 Å². The van der Waals surface area contributed by atoms with Crippen molar-refractivity contribution >= 4 is 17.7 Å². The van der Waals surface area contributed by atoms with Crippen LogP contribution in [0.25, 0.3) is 6.08 Å². The van der Waals surface area contributed by atoms with Gasteiger partial charge in [-0.3, -0.25) is 5.10 Å². The molecule has 5 heteroatoms. The minimum absolute atomic E-state index is 0.207. The third kappa shape index (κ3) is 3.46. The number of benzene rings is 1. The lowest BCUT2D eigenvalue weighted by molar-refractivity contribution is 0.190. The molecule has 1 heterocycles. The quantitative estimate of drug-likeness (QED) is 0.872. The van der Waals surface area contributed by atoms with E-state index in [1.165, 1.54) is 11.1 Å². The molecule has 0 saturated carbocycles. The molecule has 2 atom stereocenters. The van der Waals surface area contributed by atoms with Gasteiger partial charge in [-0.25, -0.2) is 4.98 Å². The summed E-state index contributed by atoms with van der Waals surface area (Å²) in [7, 11) is 0. The van der Waals surface area contributed by atoms with Crippen LogP contribution in [0.2, 0.25) is 5.02 Å². The Labute approximate surface area is 152 Å². The van der Waals surface area contributed by atoms with Crippen molar-refractivity contribution in [2.75, 3.05) is 0 Å². The van der Waals surface area contributed by atoms with Gasteiger partial charge in [-0.1, -0.05) is 47.5 Å². The first-order valence-electron chi connectivity index (χ1n) is 8.61. The fourth-order valence-electron chi connectivity index (χ4n) is 3.76. The fourth-order valence-corrected chi connectivity index (χ4v) is 3.89. The highest BCUT2D eigenvalue weighted by Gasteiger charge is 2.30. The van der Waals surface area contributed by atoms with E-state index in [0.29, 0.717) is 0 Å². The van der Waals surface area contributed by atoms with Crippen molar-refractivity contribution in [1.82, 2.24) is 15.2 Å². The molecule has 2 aliphatic carbocycles. The van der Waals surface area contributed by atoms with Gasteiger partial charge in [0.1, 0.15) is 12.2 Å². The lowest BCUT2D eigenvalue weighted by Gasteiger charge is -2.33. The number of aliphatic hydroxyl groups is 1. The largest absolute Gasteiger partial charge is 0.388 e. The minimum atomic E-state index is -0.352. The molecule has 0 aliphatic heterocycles. The van der Waals surface area contributed by atoms with Gasteiger partial charge in [-0.05, 0) is 48.1 Å². The molecule has 0 bridgehead atoms. The highest BCUT2D eigenvalue weighted by Crippen LogP contribution is 2.40. The predicted molar refractivity (Wildman–Crippen MR) is 99.0 cm³/mol. The van der Waals surface area contributed by atoms with Crippen molar-refractivity contribution in [3.63, 3.8) is 0 Å². The Balaban J connectivity index is 1.72. The molecule has 0 radical (unpaired) electrons. The van der Waals surface area contributed by atoms with Crippen LogP contribution in [0.5, 0.6) is 0 Å². The van der Waals surface area contributed by atoms with Crippen molar-refractivity contribution in [1.29, 1.82) is 0 Å². The molecular formula is C20H20ClN3O. The topological polar surface area (TPSA) is 61.8 Å². The van der Waals surface area contributed by atoms with Gasteiger partial charge in [0, 0.05) is 17.4 Å². The number of nitrogens with zero attached hydrogens (tertiary/aromatic N) is 2. The Kier molecular flexibility index (Phi) is 4.55. The number of hydrogen-bond donors (Lipinski definition) is 2. The van der Waals surface area contributed by atoms with Crippen LogP contribution < -0.4 is 0 Å². The first kappa shape index (κ1) is 16.3. The number of aliphatic hydroxyl groups excluding tert-OH is 1. The van der Waals surface area contributed by atoms with E-state index < -0.39 is 0 Å². The highest BCUT2D eigenvalue weighted by molar-refractivity contribution is 6.30. The number of H-pyrrole nitrogens is 1. The lowest BCUT2D eigenvalue weighted by Crippen LogP contribution is -2.24. The summed E-state index contributed by atoms with van der Waals surface area (Å²) >= 11 is 6.00. The van der Waals surface area contributed by atoms with Crippen molar-refractivity contribution in [3.8, 4) is 0 Å². The maximum absolute atomic E-state index is 10.4. The molecule has 4 rings (SSSR count). The van der Waals surface area contributed by atoms with Crippen LogP contribution in [-0.2, 0) is 6.42 Å². The molecule has 4 nitrogen and oxygen atoms in total. The van der Waals surface area contributed by atoms with Crippen LogP contribution in [0.1, 0.15) is 30.7 Å². The van der Waals surface area contributed by atoms with E-state index in [9.17, 15) is 5.11 Å². The van der Waals surface area contributed by atoms with Crippen molar-refractivity contribution in [2.24, 2.45) is 5.92 Å². The molecule has 0 amide bonds. The summed E-state index contributed by atoms with van der Waals surface area (Å²) in [4.78, 5) is 4.30. The van der Waals surface area contributed by atoms with Gasteiger partial charge in [-0.15, -0.1) is 0 Å². The third-order valence-electron chi connectivity index (χ3n) is 5.00. The van der Waals surface area contributed by atoms with Crippen LogP contribution in [-0.4, -0.2) is 26.4 Å². The van der Waals surface area contributed by atoms with E-state index in [1.807, 2.05) is 24.3 Å². The van der Waals surface area contributed by atoms with E-state index in [-0.39, 0.29) is 12.0 Å². The molecule has 0 spiro atoms. The Morgan fingerprint density at radius 2 is 2.08 bits per heavy atom. The molecule has 2 aromatic rings. The first-order valence-corrected chi connectivity index (χ1v) is 8.99. The maximum atomic E-state index is 10.4. The zero-order valence-electron chi connectivity index (χ0n) is 13.8. The summed E-state index contributed by atoms with van der Waals surface area (Å²) in [6.45, 7) is 0. The van der Waals surface area contributed by atoms with Crippen LogP contribution in [0.3, 0.4) is 0 Å². The molecule has 1 aromatic carbocycles. The van der Waals surface area contributed by atoms with Crippen molar-refractivity contribution in [3.05, 3.63) is 75.9 Å². The van der Waals surface area contributed by atoms with Gasteiger partial charge in [0.2, 0.25) is 0 Å². The zero-order chi connectivity index (χ0) is 17.2. The number of aromatic nitrogens is 3. The molecule has 2 unspecified atom stereocenters. The average Bonchev–Trinajstić information content (AvgIpc) is 3.12. The van der Waals surface area contributed by atoms with E-state index in [4.69, 9.17) is 11.6 Å². The summed E-state index contributed by atoms with van der Waals surface area (Å²) < 4.78 is 0. The van der Waals surface area contributed by atoms with Crippen LogP contribution in [0.15, 0.2) is 59.5 Å². The van der Waals surface area contributed by atoms with Gasteiger partial charge in [0.05, 0.1) is 6.10 Å². The number of nitrogens with one attached hydrogen (secondary N) is 1. The smallest absolute Gasteiger partial charge is 0.137 e. The molecule has 0 saturated heterocycles. The molecule has 0 fully saturated rings.